The SMILES string of the molecule is Cc1c[c-]c(-c2ccc([Si](C)(C)C)cn2)cc1.[Ir].[c-]1cc(Cc2ccccc2)ccc1-c1ccccn1. The Labute approximate surface area is 236 Å². The minimum atomic E-state index is -1.24. The molecule has 2 nitrogen and oxygen atoms in total. The fraction of sp³-hybridized carbons (Fsp3) is 0.152. The van der Waals surface area contributed by atoms with Gasteiger partial charge in [0.2, 0.25) is 0 Å². The number of rotatable bonds is 5. The third-order valence-corrected chi connectivity index (χ3v) is 7.97. The Bertz CT molecular complexity index is 1350. The van der Waals surface area contributed by atoms with E-state index in [9.17, 15) is 0 Å². The molecule has 4 heteroatoms. The van der Waals surface area contributed by atoms with Gasteiger partial charge in [-0.05, 0) is 29.1 Å². The molecule has 0 aliphatic carbocycles. The fourth-order valence-electron chi connectivity index (χ4n) is 3.74. The fourth-order valence-corrected chi connectivity index (χ4v) is 4.77. The van der Waals surface area contributed by atoms with E-state index in [1.165, 1.54) is 21.9 Å². The second-order valence-electron chi connectivity index (χ2n) is 9.95. The number of pyridine rings is 2. The van der Waals surface area contributed by atoms with Crippen molar-refractivity contribution in [2.75, 3.05) is 0 Å². The summed E-state index contributed by atoms with van der Waals surface area (Å²) in [5.41, 5.74) is 7.90. The van der Waals surface area contributed by atoms with Gasteiger partial charge in [0.05, 0.1) is 8.07 Å². The number of benzene rings is 3. The number of aromatic nitrogens is 2. The van der Waals surface area contributed by atoms with Crippen LogP contribution in [-0.4, -0.2) is 18.0 Å². The van der Waals surface area contributed by atoms with Crippen LogP contribution in [0.4, 0.5) is 0 Å². The summed E-state index contributed by atoms with van der Waals surface area (Å²) in [6.07, 6.45) is 4.77. The molecular formula is C33H32IrN2Si-2. The van der Waals surface area contributed by atoms with Gasteiger partial charge >= 0.3 is 0 Å². The van der Waals surface area contributed by atoms with Crippen LogP contribution in [0.2, 0.25) is 19.6 Å². The van der Waals surface area contributed by atoms with E-state index in [1.54, 1.807) is 6.20 Å². The summed E-state index contributed by atoms with van der Waals surface area (Å²) in [5.74, 6) is 0. The predicted molar refractivity (Wildman–Crippen MR) is 154 cm³/mol. The largest absolute Gasteiger partial charge is 0.305 e. The Hall–Kier alpha value is -3.17. The predicted octanol–water partition coefficient (Wildman–Crippen LogP) is 7.54. The summed E-state index contributed by atoms with van der Waals surface area (Å²) in [6, 6.07) is 39.7. The molecule has 0 aliphatic heterocycles. The van der Waals surface area contributed by atoms with E-state index in [1.807, 2.05) is 36.5 Å². The van der Waals surface area contributed by atoms with Crippen LogP contribution in [0.5, 0.6) is 0 Å². The molecule has 2 aromatic heterocycles. The number of nitrogens with zero attached hydrogens (tertiary/aromatic N) is 2. The smallest absolute Gasteiger partial charge is 0.0795 e. The van der Waals surface area contributed by atoms with E-state index >= 15 is 0 Å². The quantitative estimate of drug-likeness (QED) is 0.142. The zero-order valence-corrected chi connectivity index (χ0v) is 25.2. The normalized spacial score (nSPS) is 10.6. The van der Waals surface area contributed by atoms with Crippen LogP contribution in [-0.2, 0) is 26.5 Å². The Morgan fingerprint density at radius 2 is 1.32 bits per heavy atom. The molecule has 0 unspecified atom stereocenters. The van der Waals surface area contributed by atoms with Crippen molar-refractivity contribution < 1.29 is 20.1 Å². The summed E-state index contributed by atoms with van der Waals surface area (Å²) in [4.78, 5) is 8.88. The average Bonchev–Trinajstić information content (AvgIpc) is 2.91. The van der Waals surface area contributed by atoms with E-state index in [2.05, 4.69) is 115 Å². The number of hydrogen-bond donors (Lipinski definition) is 0. The van der Waals surface area contributed by atoms with Crippen LogP contribution < -0.4 is 5.19 Å². The molecule has 0 bridgehead atoms. The summed E-state index contributed by atoms with van der Waals surface area (Å²) in [7, 11) is -1.24. The van der Waals surface area contributed by atoms with Crippen molar-refractivity contribution in [3.63, 3.8) is 0 Å². The molecule has 0 atom stereocenters. The van der Waals surface area contributed by atoms with E-state index in [4.69, 9.17) is 0 Å². The molecule has 5 rings (SSSR count). The van der Waals surface area contributed by atoms with Crippen LogP contribution in [0.15, 0.2) is 109 Å². The second kappa shape index (κ2) is 13.4. The Kier molecular flexibility index (Phi) is 10.3. The summed E-state index contributed by atoms with van der Waals surface area (Å²) in [6.45, 7) is 9.08. The van der Waals surface area contributed by atoms with Gasteiger partial charge in [-0.2, -0.15) is 0 Å². The molecule has 2 heterocycles. The van der Waals surface area contributed by atoms with Crippen LogP contribution in [0.1, 0.15) is 16.7 Å². The van der Waals surface area contributed by atoms with Gasteiger partial charge in [0.1, 0.15) is 0 Å². The molecule has 189 valence electrons. The molecule has 0 N–H and O–H groups in total. The first kappa shape index (κ1) is 28.4. The van der Waals surface area contributed by atoms with Crippen molar-refractivity contribution >= 4 is 13.3 Å². The molecule has 0 fully saturated rings. The number of aryl methyl sites for hydroxylation is 1. The standard InChI is InChI=1S/C18H14N.C15H18NSi.Ir/c1-2-6-15(7-3-1)14-16-9-11-17(12-10-16)18-8-4-5-13-19-18;1-12-5-7-13(8-6-12)15-10-9-14(11-16-15)17(2,3)4;/h1-11,13H,14H2;5-7,9-11H,1-4H3;/q2*-1;. The Morgan fingerprint density at radius 3 is 1.86 bits per heavy atom. The van der Waals surface area contributed by atoms with E-state index in [-0.39, 0.29) is 20.1 Å². The van der Waals surface area contributed by atoms with E-state index in [0.29, 0.717) is 0 Å². The molecule has 0 aliphatic rings. The van der Waals surface area contributed by atoms with Gasteiger partial charge in [-0.15, -0.1) is 70.8 Å². The van der Waals surface area contributed by atoms with Crippen molar-refractivity contribution in [3.8, 4) is 22.5 Å². The monoisotopic (exact) mass is 677 g/mol. The van der Waals surface area contributed by atoms with Crippen LogP contribution in [0, 0.1) is 19.1 Å². The van der Waals surface area contributed by atoms with Gasteiger partial charge in [0, 0.05) is 32.5 Å². The van der Waals surface area contributed by atoms with Gasteiger partial charge in [-0.25, -0.2) is 0 Å². The molecule has 0 saturated carbocycles. The van der Waals surface area contributed by atoms with Crippen molar-refractivity contribution in [2.24, 2.45) is 0 Å². The minimum Gasteiger partial charge on any atom is -0.305 e. The zero-order valence-electron chi connectivity index (χ0n) is 21.8. The zero-order chi connectivity index (χ0) is 25.4. The van der Waals surface area contributed by atoms with Gasteiger partial charge in [-0.3, -0.25) is 0 Å². The van der Waals surface area contributed by atoms with Crippen molar-refractivity contribution in [1.29, 1.82) is 0 Å². The van der Waals surface area contributed by atoms with Gasteiger partial charge < -0.3 is 9.97 Å². The van der Waals surface area contributed by atoms with Crippen molar-refractivity contribution in [2.45, 2.75) is 33.0 Å². The maximum atomic E-state index is 4.55. The Morgan fingerprint density at radius 1 is 0.649 bits per heavy atom. The minimum absolute atomic E-state index is 0. The molecule has 0 spiro atoms. The van der Waals surface area contributed by atoms with Crippen LogP contribution >= 0.6 is 0 Å². The molecule has 0 saturated heterocycles. The molecule has 3 aromatic carbocycles. The topological polar surface area (TPSA) is 25.8 Å². The molecule has 0 amide bonds. The summed E-state index contributed by atoms with van der Waals surface area (Å²) >= 11 is 0. The van der Waals surface area contributed by atoms with Gasteiger partial charge in [0.15, 0.2) is 0 Å². The molecule has 5 aromatic rings. The van der Waals surface area contributed by atoms with Crippen molar-refractivity contribution in [1.82, 2.24) is 9.97 Å². The molecule has 1 radical (unpaired) electrons. The third-order valence-electron chi connectivity index (χ3n) is 5.94. The molecule has 37 heavy (non-hydrogen) atoms. The maximum Gasteiger partial charge on any atom is 0.0795 e. The van der Waals surface area contributed by atoms with Crippen LogP contribution in [0.25, 0.3) is 22.5 Å². The van der Waals surface area contributed by atoms with Crippen molar-refractivity contribution in [3.05, 3.63) is 138 Å². The van der Waals surface area contributed by atoms with E-state index in [0.717, 1.165) is 28.9 Å². The molecular weight excluding hydrogens is 645 g/mol. The van der Waals surface area contributed by atoms with Gasteiger partial charge in [0.25, 0.3) is 0 Å². The second-order valence-corrected chi connectivity index (χ2v) is 15.0. The first-order valence-electron chi connectivity index (χ1n) is 12.3. The van der Waals surface area contributed by atoms with E-state index < -0.39 is 8.07 Å². The first-order chi connectivity index (χ1) is 17.4. The Balaban J connectivity index is 0.000000201. The summed E-state index contributed by atoms with van der Waals surface area (Å²) < 4.78 is 0. The summed E-state index contributed by atoms with van der Waals surface area (Å²) in [5, 5.41) is 1.40. The first-order valence-corrected chi connectivity index (χ1v) is 15.8. The average molecular weight is 677 g/mol. The third kappa shape index (κ3) is 8.43. The van der Waals surface area contributed by atoms with Crippen LogP contribution in [0.3, 0.4) is 0 Å². The van der Waals surface area contributed by atoms with Gasteiger partial charge in [-0.1, -0.05) is 86.7 Å². The maximum absolute atomic E-state index is 4.55. The number of hydrogen-bond acceptors (Lipinski definition) is 2.